The number of carbonyl (C=O) groups excluding carboxylic acids is 3. The Balaban J connectivity index is 2.31. The number of aromatic nitrogens is 2. The van der Waals surface area contributed by atoms with Gasteiger partial charge in [0.05, 0.1) is 11.9 Å². The summed E-state index contributed by atoms with van der Waals surface area (Å²) < 4.78 is 1.49. The highest BCUT2D eigenvalue weighted by Gasteiger charge is 2.40. The van der Waals surface area contributed by atoms with Gasteiger partial charge in [0.15, 0.2) is 0 Å². The number of nitrogens with zero attached hydrogens (tertiary/aromatic N) is 3. The van der Waals surface area contributed by atoms with Gasteiger partial charge < -0.3 is 0 Å². The Morgan fingerprint density at radius 2 is 2.11 bits per heavy atom. The van der Waals surface area contributed by atoms with E-state index in [9.17, 15) is 14.4 Å². The lowest BCUT2D eigenvalue weighted by Crippen LogP contribution is -2.58. The summed E-state index contributed by atoms with van der Waals surface area (Å²) in [7, 11) is 1.69. The van der Waals surface area contributed by atoms with Crippen molar-refractivity contribution in [2.75, 3.05) is 4.90 Å². The SMILES string of the molecule is CCCC1C(=O)NC(=O)N(c2cnn(C)c2)C1=O. The Labute approximate surface area is 104 Å². The Hall–Kier alpha value is -2.18. The zero-order valence-corrected chi connectivity index (χ0v) is 10.2. The van der Waals surface area contributed by atoms with Crippen LogP contribution in [-0.4, -0.2) is 27.6 Å². The van der Waals surface area contributed by atoms with E-state index in [4.69, 9.17) is 0 Å². The Morgan fingerprint density at radius 1 is 1.39 bits per heavy atom. The van der Waals surface area contributed by atoms with Gasteiger partial charge in [0.2, 0.25) is 11.8 Å². The van der Waals surface area contributed by atoms with Crippen LogP contribution in [0.3, 0.4) is 0 Å². The number of anilines is 1. The molecule has 1 unspecified atom stereocenters. The first kappa shape index (κ1) is 12.3. The van der Waals surface area contributed by atoms with Crippen molar-refractivity contribution in [2.45, 2.75) is 19.8 Å². The van der Waals surface area contributed by atoms with Gasteiger partial charge in [0.25, 0.3) is 0 Å². The lowest BCUT2D eigenvalue weighted by atomic mass is 9.99. The highest BCUT2D eigenvalue weighted by atomic mass is 16.2. The molecule has 0 aliphatic carbocycles. The summed E-state index contributed by atoms with van der Waals surface area (Å²) in [5, 5.41) is 6.10. The molecular weight excluding hydrogens is 236 g/mol. The number of hydrogen-bond acceptors (Lipinski definition) is 4. The molecule has 4 amide bonds. The molecule has 2 heterocycles. The molecule has 7 heteroatoms. The lowest BCUT2D eigenvalue weighted by molar-refractivity contribution is -0.134. The number of nitrogens with one attached hydrogen (secondary N) is 1. The smallest absolute Gasteiger partial charge is 0.277 e. The number of imide groups is 2. The third-order valence-electron chi connectivity index (χ3n) is 2.79. The summed E-state index contributed by atoms with van der Waals surface area (Å²) in [5.74, 6) is -1.81. The van der Waals surface area contributed by atoms with E-state index in [0.29, 0.717) is 18.5 Å². The molecule has 0 aromatic carbocycles. The van der Waals surface area contributed by atoms with E-state index in [-0.39, 0.29) is 0 Å². The van der Waals surface area contributed by atoms with Crippen LogP contribution in [0.5, 0.6) is 0 Å². The topological polar surface area (TPSA) is 84.3 Å². The first-order valence-corrected chi connectivity index (χ1v) is 5.72. The predicted molar refractivity (Wildman–Crippen MR) is 62.6 cm³/mol. The molecule has 96 valence electrons. The zero-order valence-electron chi connectivity index (χ0n) is 10.2. The molecule has 1 N–H and O–H groups in total. The monoisotopic (exact) mass is 250 g/mol. The number of carbonyl (C=O) groups is 3. The summed E-state index contributed by atoms with van der Waals surface area (Å²) in [6.07, 6.45) is 4.08. The van der Waals surface area contributed by atoms with Crippen LogP contribution in [-0.2, 0) is 16.6 Å². The largest absolute Gasteiger partial charge is 0.335 e. The maximum Gasteiger partial charge on any atom is 0.335 e. The zero-order chi connectivity index (χ0) is 13.3. The van der Waals surface area contributed by atoms with Crippen LogP contribution in [0.2, 0.25) is 0 Å². The first-order valence-electron chi connectivity index (χ1n) is 5.72. The molecule has 7 nitrogen and oxygen atoms in total. The molecule has 2 rings (SSSR count). The molecule has 1 aliphatic heterocycles. The average molecular weight is 250 g/mol. The second-order valence-electron chi connectivity index (χ2n) is 4.18. The Kier molecular flexibility index (Phi) is 3.14. The van der Waals surface area contributed by atoms with E-state index < -0.39 is 23.8 Å². The van der Waals surface area contributed by atoms with Crippen molar-refractivity contribution in [3.8, 4) is 0 Å². The normalized spacial score (nSPS) is 20.2. The van der Waals surface area contributed by atoms with Crippen molar-refractivity contribution in [2.24, 2.45) is 13.0 Å². The minimum Gasteiger partial charge on any atom is -0.277 e. The quantitative estimate of drug-likeness (QED) is 0.788. The van der Waals surface area contributed by atoms with Crippen LogP contribution in [0.1, 0.15) is 19.8 Å². The second kappa shape index (κ2) is 4.59. The van der Waals surface area contributed by atoms with Gasteiger partial charge >= 0.3 is 6.03 Å². The van der Waals surface area contributed by atoms with Crippen LogP contribution in [0.25, 0.3) is 0 Å². The molecule has 1 aliphatic rings. The second-order valence-corrected chi connectivity index (χ2v) is 4.18. The number of aryl methyl sites for hydroxylation is 1. The molecule has 1 aromatic heterocycles. The van der Waals surface area contributed by atoms with E-state index in [1.54, 1.807) is 13.2 Å². The molecule has 1 aromatic rings. The predicted octanol–water partition coefficient (Wildman–Crippen LogP) is 0.419. The third kappa shape index (κ3) is 1.99. The molecule has 18 heavy (non-hydrogen) atoms. The molecule has 1 saturated heterocycles. The summed E-state index contributed by atoms with van der Waals surface area (Å²) in [5.41, 5.74) is 0.369. The standard InChI is InChI=1S/C11H14N4O3/c1-3-4-8-9(16)13-11(18)15(10(8)17)7-5-12-14(2)6-7/h5-6,8H,3-4H2,1-2H3,(H,13,16,18). The van der Waals surface area contributed by atoms with Gasteiger partial charge in [-0.3, -0.25) is 19.6 Å². The van der Waals surface area contributed by atoms with Gasteiger partial charge in [-0.2, -0.15) is 5.10 Å². The fourth-order valence-corrected chi connectivity index (χ4v) is 1.93. The fraction of sp³-hybridized carbons (Fsp3) is 0.455. The molecule has 0 bridgehead atoms. The number of barbiturate groups is 1. The van der Waals surface area contributed by atoms with Crippen molar-refractivity contribution in [3.05, 3.63) is 12.4 Å². The Morgan fingerprint density at radius 3 is 2.67 bits per heavy atom. The summed E-state index contributed by atoms with van der Waals surface area (Å²) in [6.45, 7) is 1.88. The van der Waals surface area contributed by atoms with Crippen LogP contribution < -0.4 is 10.2 Å². The van der Waals surface area contributed by atoms with Gasteiger partial charge in [0.1, 0.15) is 5.92 Å². The minimum atomic E-state index is -0.798. The van der Waals surface area contributed by atoms with Gasteiger partial charge in [-0.05, 0) is 6.42 Å². The van der Waals surface area contributed by atoms with Crippen LogP contribution in [0, 0.1) is 5.92 Å². The van der Waals surface area contributed by atoms with Gasteiger partial charge in [0, 0.05) is 13.2 Å². The highest BCUT2D eigenvalue weighted by Crippen LogP contribution is 2.22. The maximum absolute atomic E-state index is 12.2. The number of amides is 4. The van der Waals surface area contributed by atoms with Crippen LogP contribution in [0.15, 0.2) is 12.4 Å². The molecular formula is C11H14N4O3. The van der Waals surface area contributed by atoms with Gasteiger partial charge in [-0.1, -0.05) is 13.3 Å². The fourth-order valence-electron chi connectivity index (χ4n) is 1.93. The highest BCUT2D eigenvalue weighted by molar-refractivity contribution is 6.27. The Bertz CT molecular complexity index is 508. The molecule has 0 saturated carbocycles. The minimum absolute atomic E-state index is 0.369. The van der Waals surface area contributed by atoms with Crippen molar-refractivity contribution in [3.63, 3.8) is 0 Å². The number of rotatable bonds is 3. The van der Waals surface area contributed by atoms with E-state index in [0.717, 1.165) is 4.90 Å². The summed E-state index contributed by atoms with van der Waals surface area (Å²) in [6, 6.07) is -0.717. The number of hydrogen-bond donors (Lipinski definition) is 1. The molecule has 0 radical (unpaired) electrons. The van der Waals surface area contributed by atoms with Crippen molar-refractivity contribution in [1.29, 1.82) is 0 Å². The molecule has 1 fully saturated rings. The van der Waals surface area contributed by atoms with Crippen molar-refractivity contribution in [1.82, 2.24) is 15.1 Å². The van der Waals surface area contributed by atoms with Gasteiger partial charge in [-0.15, -0.1) is 0 Å². The maximum atomic E-state index is 12.2. The average Bonchev–Trinajstić information content (AvgIpc) is 2.70. The summed E-state index contributed by atoms with van der Waals surface area (Å²) >= 11 is 0. The van der Waals surface area contributed by atoms with Crippen molar-refractivity contribution >= 4 is 23.5 Å². The molecule has 1 atom stereocenters. The van der Waals surface area contributed by atoms with E-state index in [2.05, 4.69) is 10.4 Å². The van der Waals surface area contributed by atoms with Crippen LogP contribution >= 0.6 is 0 Å². The lowest BCUT2D eigenvalue weighted by Gasteiger charge is -2.28. The van der Waals surface area contributed by atoms with Crippen molar-refractivity contribution < 1.29 is 14.4 Å². The van der Waals surface area contributed by atoms with E-state index in [1.807, 2.05) is 6.92 Å². The first-order chi connectivity index (χ1) is 8.54. The van der Waals surface area contributed by atoms with Crippen LogP contribution in [0.4, 0.5) is 10.5 Å². The third-order valence-corrected chi connectivity index (χ3v) is 2.79. The molecule has 0 spiro atoms. The van der Waals surface area contributed by atoms with Gasteiger partial charge in [-0.25, -0.2) is 9.69 Å². The number of urea groups is 1. The van der Waals surface area contributed by atoms with E-state index in [1.165, 1.54) is 10.9 Å². The summed E-state index contributed by atoms with van der Waals surface area (Å²) in [4.78, 5) is 36.4. The van der Waals surface area contributed by atoms with E-state index >= 15 is 0 Å².